The molecule has 5 rings (SSSR count). The van der Waals surface area contributed by atoms with Crippen LogP contribution in [0.2, 0.25) is 0 Å². The van der Waals surface area contributed by atoms with Crippen molar-refractivity contribution in [3.63, 3.8) is 0 Å². The third kappa shape index (κ3) is 6.96. The van der Waals surface area contributed by atoms with E-state index >= 15 is 0 Å². The number of nitrogen functional groups attached to an aromatic ring is 1. The van der Waals surface area contributed by atoms with Crippen LogP contribution in [0.25, 0.3) is 17.0 Å². The van der Waals surface area contributed by atoms with Gasteiger partial charge in [-0.05, 0) is 66.1 Å². The van der Waals surface area contributed by atoms with Crippen molar-refractivity contribution in [1.82, 2.24) is 10.3 Å². The van der Waals surface area contributed by atoms with Crippen LogP contribution < -0.4 is 21.7 Å². The lowest BCUT2D eigenvalue weighted by atomic mass is 10.0. The molecule has 0 saturated carbocycles. The first-order valence-corrected chi connectivity index (χ1v) is 13.4. The third-order valence-electron chi connectivity index (χ3n) is 6.75. The molecule has 7 nitrogen and oxygen atoms in total. The molecule has 0 spiro atoms. The average molecular weight is 542 g/mol. The van der Waals surface area contributed by atoms with Crippen LogP contribution in [0.5, 0.6) is 0 Å². The summed E-state index contributed by atoms with van der Waals surface area (Å²) >= 11 is 0. The standard InChI is InChI=1S/C34H31N5O2/c1-23(25-8-3-2-4-9-25)37-34(41)33(38-28-18-19-30-27(22-28)10-7-21-36-30)26-16-13-24(14-17-26)15-20-32(40)39-31-12-6-5-11-29(31)35/h2-23,33,38H,35H2,1H3,(H,37,41)(H,39,40)/t23-,33?/m0/s1. The highest BCUT2D eigenvalue weighted by Gasteiger charge is 2.23. The van der Waals surface area contributed by atoms with E-state index in [1.165, 1.54) is 6.08 Å². The molecule has 41 heavy (non-hydrogen) atoms. The minimum atomic E-state index is -0.655. The molecule has 0 saturated heterocycles. The summed E-state index contributed by atoms with van der Waals surface area (Å²) in [6.45, 7) is 1.97. The number of carbonyl (C=O) groups excluding carboxylic acids is 2. The number of fused-ring (bicyclic) bond motifs is 1. The van der Waals surface area contributed by atoms with Crippen molar-refractivity contribution in [2.24, 2.45) is 0 Å². The highest BCUT2D eigenvalue weighted by Crippen LogP contribution is 2.25. The second kappa shape index (κ2) is 12.6. The van der Waals surface area contributed by atoms with Gasteiger partial charge in [-0.2, -0.15) is 0 Å². The normalized spacial score (nSPS) is 12.5. The largest absolute Gasteiger partial charge is 0.397 e. The van der Waals surface area contributed by atoms with Gasteiger partial charge in [-0.1, -0.05) is 72.8 Å². The number of rotatable bonds is 9. The number of para-hydroxylation sites is 2. The summed E-state index contributed by atoms with van der Waals surface area (Å²) in [7, 11) is 0. The Kier molecular flexibility index (Phi) is 8.35. The zero-order valence-electron chi connectivity index (χ0n) is 22.6. The fourth-order valence-electron chi connectivity index (χ4n) is 4.51. The van der Waals surface area contributed by atoms with E-state index in [1.54, 1.807) is 24.4 Å². The van der Waals surface area contributed by atoms with Crippen molar-refractivity contribution in [3.05, 3.63) is 138 Å². The van der Waals surface area contributed by atoms with Crippen LogP contribution >= 0.6 is 0 Å². The van der Waals surface area contributed by atoms with Gasteiger partial charge in [-0.15, -0.1) is 0 Å². The van der Waals surface area contributed by atoms with Crippen LogP contribution in [0.15, 0.2) is 121 Å². The molecule has 2 amide bonds. The van der Waals surface area contributed by atoms with E-state index in [0.717, 1.165) is 33.3 Å². The first-order chi connectivity index (χ1) is 20.0. The molecule has 204 valence electrons. The Bertz CT molecular complexity index is 1680. The quantitative estimate of drug-likeness (QED) is 0.126. The van der Waals surface area contributed by atoms with Crippen molar-refractivity contribution >= 4 is 45.9 Å². The number of hydrogen-bond acceptors (Lipinski definition) is 5. The minimum absolute atomic E-state index is 0.157. The predicted molar refractivity (Wildman–Crippen MR) is 166 cm³/mol. The van der Waals surface area contributed by atoms with Crippen LogP contribution in [0.4, 0.5) is 17.1 Å². The lowest BCUT2D eigenvalue weighted by Gasteiger charge is -2.23. The monoisotopic (exact) mass is 541 g/mol. The molecule has 5 aromatic rings. The Morgan fingerprint density at radius 1 is 0.829 bits per heavy atom. The second-order valence-electron chi connectivity index (χ2n) is 9.71. The van der Waals surface area contributed by atoms with E-state index < -0.39 is 6.04 Å². The molecule has 1 unspecified atom stereocenters. The fraction of sp³-hybridized carbons (Fsp3) is 0.0882. The molecule has 7 heteroatoms. The number of pyridine rings is 1. The number of hydrogen-bond donors (Lipinski definition) is 4. The van der Waals surface area contributed by atoms with Crippen LogP contribution in [-0.2, 0) is 9.59 Å². The summed E-state index contributed by atoms with van der Waals surface area (Å²) in [6.07, 6.45) is 4.93. The zero-order valence-corrected chi connectivity index (χ0v) is 22.6. The van der Waals surface area contributed by atoms with Gasteiger partial charge in [-0.25, -0.2) is 0 Å². The maximum Gasteiger partial charge on any atom is 0.248 e. The molecule has 0 aliphatic carbocycles. The first-order valence-electron chi connectivity index (χ1n) is 13.4. The number of benzene rings is 4. The molecule has 2 atom stereocenters. The first kappa shape index (κ1) is 27.1. The number of amides is 2. The molecule has 1 heterocycles. The maximum atomic E-state index is 13.6. The van der Waals surface area contributed by atoms with Gasteiger partial charge in [0.1, 0.15) is 6.04 Å². The molecule has 0 aliphatic rings. The number of carbonyl (C=O) groups is 2. The van der Waals surface area contributed by atoms with Gasteiger partial charge >= 0.3 is 0 Å². The number of nitrogens with one attached hydrogen (secondary N) is 3. The predicted octanol–water partition coefficient (Wildman–Crippen LogP) is 6.50. The van der Waals surface area contributed by atoms with E-state index in [2.05, 4.69) is 20.9 Å². The minimum Gasteiger partial charge on any atom is -0.397 e. The molecule has 0 radical (unpaired) electrons. The van der Waals surface area contributed by atoms with Gasteiger partial charge in [-0.3, -0.25) is 14.6 Å². The van der Waals surface area contributed by atoms with Crippen molar-refractivity contribution in [2.45, 2.75) is 19.0 Å². The number of aromatic nitrogens is 1. The van der Waals surface area contributed by atoms with Crippen LogP contribution in [-0.4, -0.2) is 16.8 Å². The molecular weight excluding hydrogens is 510 g/mol. The Morgan fingerprint density at radius 3 is 2.37 bits per heavy atom. The summed E-state index contributed by atoms with van der Waals surface area (Å²) < 4.78 is 0. The van der Waals surface area contributed by atoms with E-state index in [0.29, 0.717) is 11.4 Å². The smallest absolute Gasteiger partial charge is 0.248 e. The molecule has 0 bridgehead atoms. The highest BCUT2D eigenvalue weighted by molar-refractivity contribution is 6.03. The third-order valence-corrected chi connectivity index (χ3v) is 6.75. The Balaban J connectivity index is 1.35. The Hall–Kier alpha value is -5.43. The Morgan fingerprint density at radius 2 is 1.59 bits per heavy atom. The fourth-order valence-corrected chi connectivity index (χ4v) is 4.51. The van der Waals surface area contributed by atoms with Crippen molar-refractivity contribution in [3.8, 4) is 0 Å². The van der Waals surface area contributed by atoms with Crippen molar-refractivity contribution in [1.29, 1.82) is 0 Å². The molecule has 0 fully saturated rings. The molecule has 4 aromatic carbocycles. The molecule has 0 aliphatic heterocycles. The van der Waals surface area contributed by atoms with E-state index in [1.807, 2.05) is 104 Å². The van der Waals surface area contributed by atoms with Crippen LogP contribution in [0, 0.1) is 0 Å². The molecule has 1 aromatic heterocycles. The van der Waals surface area contributed by atoms with Gasteiger partial charge in [0.05, 0.1) is 22.9 Å². The van der Waals surface area contributed by atoms with Gasteiger partial charge < -0.3 is 21.7 Å². The number of nitrogens with zero attached hydrogens (tertiary/aromatic N) is 1. The van der Waals surface area contributed by atoms with E-state index in [-0.39, 0.29) is 17.9 Å². The van der Waals surface area contributed by atoms with Gasteiger partial charge in [0.15, 0.2) is 0 Å². The lowest BCUT2D eigenvalue weighted by molar-refractivity contribution is -0.122. The number of anilines is 3. The summed E-state index contributed by atoms with van der Waals surface area (Å²) in [4.78, 5) is 30.4. The zero-order chi connectivity index (χ0) is 28.6. The van der Waals surface area contributed by atoms with E-state index in [4.69, 9.17) is 5.73 Å². The number of nitrogens with two attached hydrogens (primary N) is 1. The molecular formula is C34H31N5O2. The lowest BCUT2D eigenvalue weighted by Crippen LogP contribution is -2.35. The van der Waals surface area contributed by atoms with Crippen molar-refractivity contribution in [2.75, 3.05) is 16.4 Å². The second-order valence-corrected chi connectivity index (χ2v) is 9.71. The maximum absolute atomic E-state index is 13.6. The van der Waals surface area contributed by atoms with Crippen LogP contribution in [0.3, 0.4) is 0 Å². The van der Waals surface area contributed by atoms with Gasteiger partial charge in [0.25, 0.3) is 0 Å². The average Bonchev–Trinajstić information content (AvgIpc) is 3.00. The molecule has 5 N–H and O–H groups in total. The van der Waals surface area contributed by atoms with E-state index in [9.17, 15) is 9.59 Å². The summed E-state index contributed by atoms with van der Waals surface area (Å²) in [5.41, 5.74) is 11.3. The van der Waals surface area contributed by atoms with Crippen LogP contribution in [0.1, 0.15) is 35.7 Å². The summed E-state index contributed by atoms with van der Waals surface area (Å²) in [5, 5.41) is 10.3. The van der Waals surface area contributed by atoms with Gasteiger partial charge in [0.2, 0.25) is 11.8 Å². The SMILES string of the molecule is C[C@H](NC(=O)C(Nc1ccc2ncccc2c1)c1ccc(C=CC(=O)Nc2ccccc2N)cc1)c1ccccc1. The van der Waals surface area contributed by atoms with Gasteiger partial charge in [0, 0.05) is 23.3 Å². The highest BCUT2D eigenvalue weighted by atomic mass is 16.2. The summed E-state index contributed by atoms with van der Waals surface area (Å²) in [5.74, 6) is -0.442. The topological polar surface area (TPSA) is 109 Å². The van der Waals surface area contributed by atoms with Crippen molar-refractivity contribution < 1.29 is 9.59 Å². The Labute approximate surface area is 239 Å². The summed E-state index contributed by atoms with van der Waals surface area (Å²) in [6, 6.07) is 33.4.